The van der Waals surface area contributed by atoms with Gasteiger partial charge in [0.2, 0.25) is 11.7 Å². The van der Waals surface area contributed by atoms with Crippen molar-refractivity contribution in [1.29, 1.82) is 0 Å². The largest absolute Gasteiger partial charge is 0.493 e. The van der Waals surface area contributed by atoms with Gasteiger partial charge in [-0.3, -0.25) is 9.59 Å². The molecule has 0 bridgehead atoms. The van der Waals surface area contributed by atoms with Crippen molar-refractivity contribution in [1.82, 2.24) is 10.2 Å². The van der Waals surface area contributed by atoms with E-state index in [1.807, 2.05) is 30.3 Å². The molecule has 2 amide bonds. The summed E-state index contributed by atoms with van der Waals surface area (Å²) in [6, 6.07) is 12.9. The first-order valence-corrected chi connectivity index (χ1v) is 8.87. The molecule has 0 fully saturated rings. The minimum Gasteiger partial charge on any atom is -0.493 e. The van der Waals surface area contributed by atoms with Crippen LogP contribution >= 0.6 is 0 Å². The highest BCUT2D eigenvalue weighted by Gasteiger charge is 2.17. The van der Waals surface area contributed by atoms with Crippen molar-refractivity contribution in [3.8, 4) is 17.2 Å². The molecule has 0 aliphatic carbocycles. The highest BCUT2D eigenvalue weighted by Crippen LogP contribution is 2.38. The van der Waals surface area contributed by atoms with Crippen molar-refractivity contribution in [2.24, 2.45) is 0 Å². The van der Waals surface area contributed by atoms with Crippen LogP contribution in [-0.4, -0.2) is 51.1 Å². The van der Waals surface area contributed by atoms with Gasteiger partial charge in [0, 0.05) is 32.1 Å². The van der Waals surface area contributed by atoms with Crippen molar-refractivity contribution in [2.45, 2.75) is 13.5 Å². The lowest BCUT2D eigenvalue weighted by Crippen LogP contribution is -2.37. The third kappa shape index (κ3) is 5.39. The maximum absolute atomic E-state index is 12.5. The normalized spacial score (nSPS) is 10.1. The summed E-state index contributed by atoms with van der Waals surface area (Å²) in [4.78, 5) is 26.1. The van der Waals surface area contributed by atoms with Crippen LogP contribution < -0.4 is 19.5 Å². The van der Waals surface area contributed by atoms with E-state index < -0.39 is 0 Å². The Morgan fingerprint density at radius 1 is 0.964 bits per heavy atom. The van der Waals surface area contributed by atoms with Crippen molar-refractivity contribution in [2.75, 3.05) is 34.4 Å². The van der Waals surface area contributed by atoms with E-state index in [0.29, 0.717) is 42.4 Å². The maximum Gasteiger partial charge on any atom is 0.251 e. The second-order valence-corrected chi connectivity index (χ2v) is 6.10. The fraction of sp³-hybridized carbons (Fsp3) is 0.333. The Morgan fingerprint density at radius 3 is 2.07 bits per heavy atom. The van der Waals surface area contributed by atoms with Gasteiger partial charge >= 0.3 is 0 Å². The van der Waals surface area contributed by atoms with Crippen LogP contribution in [0.5, 0.6) is 17.2 Å². The lowest BCUT2D eigenvalue weighted by Gasteiger charge is -2.21. The number of hydrogen-bond donors (Lipinski definition) is 1. The molecule has 150 valence electrons. The molecule has 0 aliphatic heterocycles. The quantitative estimate of drug-likeness (QED) is 0.717. The van der Waals surface area contributed by atoms with Gasteiger partial charge in [-0.05, 0) is 17.7 Å². The number of amides is 2. The van der Waals surface area contributed by atoms with Crippen molar-refractivity contribution < 1.29 is 23.8 Å². The number of carbonyl (C=O) groups is 2. The Kier molecular flexibility index (Phi) is 7.68. The third-order valence-electron chi connectivity index (χ3n) is 4.26. The number of methoxy groups -OCH3 is 3. The molecular weight excluding hydrogens is 360 g/mol. The molecule has 2 rings (SSSR count). The predicted molar refractivity (Wildman–Crippen MR) is 106 cm³/mol. The fourth-order valence-corrected chi connectivity index (χ4v) is 2.77. The Hall–Kier alpha value is -3.22. The second kappa shape index (κ2) is 10.2. The Morgan fingerprint density at radius 2 is 1.57 bits per heavy atom. The lowest BCUT2D eigenvalue weighted by molar-refractivity contribution is -0.129. The SMILES string of the molecule is COc1cc(C(=O)NCCN(Cc2ccccc2)C(C)=O)cc(OC)c1OC. The summed E-state index contributed by atoms with van der Waals surface area (Å²) < 4.78 is 15.8. The van der Waals surface area contributed by atoms with Crippen molar-refractivity contribution in [3.05, 3.63) is 53.6 Å². The summed E-state index contributed by atoms with van der Waals surface area (Å²) in [5.41, 5.74) is 1.42. The van der Waals surface area contributed by atoms with Crippen molar-refractivity contribution >= 4 is 11.8 Å². The minimum absolute atomic E-state index is 0.0501. The number of hydrogen-bond acceptors (Lipinski definition) is 5. The summed E-state index contributed by atoms with van der Waals surface area (Å²) in [6.45, 7) is 2.74. The molecule has 0 aliphatic rings. The van der Waals surface area contributed by atoms with Crippen LogP contribution in [0, 0.1) is 0 Å². The smallest absolute Gasteiger partial charge is 0.251 e. The zero-order valence-electron chi connectivity index (χ0n) is 16.7. The molecule has 0 atom stereocenters. The van der Waals surface area contributed by atoms with E-state index in [-0.39, 0.29) is 11.8 Å². The van der Waals surface area contributed by atoms with E-state index in [9.17, 15) is 9.59 Å². The van der Waals surface area contributed by atoms with E-state index in [1.54, 1.807) is 17.0 Å². The number of carbonyl (C=O) groups excluding carboxylic acids is 2. The summed E-state index contributed by atoms with van der Waals surface area (Å²) in [5, 5.41) is 2.83. The van der Waals surface area contributed by atoms with Gasteiger partial charge in [-0.2, -0.15) is 0 Å². The van der Waals surface area contributed by atoms with Crippen LogP contribution in [0.2, 0.25) is 0 Å². The van der Waals surface area contributed by atoms with E-state index in [2.05, 4.69) is 5.32 Å². The molecule has 0 saturated carbocycles. The van der Waals surface area contributed by atoms with E-state index in [4.69, 9.17) is 14.2 Å². The monoisotopic (exact) mass is 386 g/mol. The molecule has 0 unspecified atom stereocenters. The zero-order valence-corrected chi connectivity index (χ0v) is 16.7. The Labute approximate surface area is 165 Å². The van der Waals surface area contributed by atoms with Crippen LogP contribution in [0.4, 0.5) is 0 Å². The van der Waals surface area contributed by atoms with Gasteiger partial charge in [-0.15, -0.1) is 0 Å². The van der Waals surface area contributed by atoms with Crippen LogP contribution in [0.25, 0.3) is 0 Å². The van der Waals surface area contributed by atoms with Crippen LogP contribution in [-0.2, 0) is 11.3 Å². The van der Waals surface area contributed by atoms with E-state index in [1.165, 1.54) is 28.3 Å². The van der Waals surface area contributed by atoms with Gasteiger partial charge in [-0.25, -0.2) is 0 Å². The van der Waals surface area contributed by atoms with Gasteiger partial charge in [0.15, 0.2) is 11.5 Å². The number of rotatable bonds is 9. The third-order valence-corrected chi connectivity index (χ3v) is 4.26. The molecule has 0 spiro atoms. The first kappa shape index (κ1) is 21.1. The Balaban J connectivity index is 2.01. The number of ether oxygens (including phenoxy) is 3. The predicted octanol–water partition coefficient (Wildman–Crippen LogP) is 2.49. The van der Waals surface area contributed by atoms with Crippen LogP contribution in [0.15, 0.2) is 42.5 Å². The second-order valence-electron chi connectivity index (χ2n) is 6.10. The van der Waals surface area contributed by atoms with Crippen LogP contribution in [0.3, 0.4) is 0 Å². The van der Waals surface area contributed by atoms with E-state index >= 15 is 0 Å². The van der Waals surface area contributed by atoms with Crippen molar-refractivity contribution in [3.63, 3.8) is 0 Å². The summed E-state index contributed by atoms with van der Waals surface area (Å²) in [7, 11) is 4.49. The van der Waals surface area contributed by atoms with Gasteiger partial charge in [0.1, 0.15) is 0 Å². The van der Waals surface area contributed by atoms with Crippen LogP contribution in [0.1, 0.15) is 22.8 Å². The van der Waals surface area contributed by atoms with Gasteiger partial charge in [0.25, 0.3) is 5.91 Å². The molecular formula is C21H26N2O5. The average Bonchev–Trinajstić information content (AvgIpc) is 2.72. The highest BCUT2D eigenvalue weighted by atomic mass is 16.5. The maximum atomic E-state index is 12.5. The minimum atomic E-state index is -0.289. The molecule has 2 aromatic rings. The molecule has 2 aromatic carbocycles. The number of benzene rings is 2. The molecule has 28 heavy (non-hydrogen) atoms. The van der Waals surface area contributed by atoms with E-state index in [0.717, 1.165) is 5.56 Å². The summed E-state index contributed by atoms with van der Waals surface area (Å²) >= 11 is 0. The Bertz CT molecular complexity index is 783. The van der Waals surface area contributed by atoms with Gasteiger partial charge < -0.3 is 24.4 Å². The molecule has 7 nitrogen and oxygen atoms in total. The average molecular weight is 386 g/mol. The summed E-state index contributed by atoms with van der Waals surface area (Å²) in [6.07, 6.45) is 0. The highest BCUT2D eigenvalue weighted by molar-refractivity contribution is 5.95. The topological polar surface area (TPSA) is 77.1 Å². The first-order chi connectivity index (χ1) is 13.5. The zero-order chi connectivity index (χ0) is 20.5. The molecule has 0 saturated heterocycles. The van der Waals surface area contributed by atoms with Gasteiger partial charge in [0.05, 0.1) is 21.3 Å². The molecule has 0 aromatic heterocycles. The number of nitrogens with one attached hydrogen (secondary N) is 1. The fourth-order valence-electron chi connectivity index (χ4n) is 2.77. The molecule has 7 heteroatoms. The lowest BCUT2D eigenvalue weighted by atomic mass is 10.1. The number of nitrogens with zero attached hydrogens (tertiary/aromatic N) is 1. The summed E-state index contributed by atoms with van der Waals surface area (Å²) in [5.74, 6) is 0.892. The molecule has 0 radical (unpaired) electrons. The standard InChI is InChI=1S/C21H26N2O5/c1-15(24)23(14-16-8-6-5-7-9-16)11-10-22-21(25)17-12-18(26-2)20(28-4)19(13-17)27-3/h5-9,12-13H,10-11,14H2,1-4H3,(H,22,25). The molecule has 0 heterocycles. The first-order valence-electron chi connectivity index (χ1n) is 8.87. The van der Waals surface area contributed by atoms with Gasteiger partial charge in [-0.1, -0.05) is 30.3 Å². The molecule has 1 N–H and O–H groups in total.